The molecule has 0 bridgehead atoms. The Morgan fingerprint density at radius 1 is 1.37 bits per heavy atom. The van der Waals surface area contributed by atoms with Crippen molar-refractivity contribution in [1.29, 1.82) is 0 Å². The number of nitro benzene ring substituents is 1. The molecule has 1 aromatic rings. The van der Waals surface area contributed by atoms with Gasteiger partial charge in [-0.15, -0.1) is 0 Å². The van der Waals surface area contributed by atoms with Crippen molar-refractivity contribution in [3.05, 3.63) is 33.4 Å². The number of anilines is 1. The molecule has 6 heteroatoms. The van der Waals surface area contributed by atoms with Crippen LogP contribution >= 0.6 is 0 Å². The minimum atomic E-state index is -0.776. The normalized spacial score (nSPS) is 16.6. The Balaban J connectivity index is 2.24. The number of hydrogen-bond donors (Lipinski definition) is 2. The van der Waals surface area contributed by atoms with Crippen LogP contribution < -0.4 is 11.1 Å². The minimum absolute atomic E-state index is 0.0570. The van der Waals surface area contributed by atoms with E-state index in [1.54, 1.807) is 19.9 Å². The lowest BCUT2D eigenvalue weighted by atomic mass is 9.77. The Bertz CT molecular complexity index is 550. The molecule has 1 aliphatic carbocycles. The lowest BCUT2D eigenvalue weighted by molar-refractivity contribution is -0.385. The van der Waals surface area contributed by atoms with Crippen molar-refractivity contribution in [2.24, 2.45) is 5.73 Å². The van der Waals surface area contributed by atoms with Crippen LogP contribution in [0, 0.1) is 24.0 Å². The number of nitrogens with one attached hydrogen (secondary N) is 1. The van der Waals surface area contributed by atoms with Crippen molar-refractivity contribution in [2.75, 3.05) is 5.32 Å². The van der Waals surface area contributed by atoms with E-state index in [2.05, 4.69) is 5.32 Å². The summed E-state index contributed by atoms with van der Waals surface area (Å²) in [5.74, 6) is -0.213. The summed E-state index contributed by atoms with van der Waals surface area (Å²) in [5, 5.41) is 13.6. The molecule has 1 amide bonds. The summed E-state index contributed by atoms with van der Waals surface area (Å²) >= 11 is 0. The minimum Gasteiger partial charge on any atom is -0.324 e. The first kappa shape index (κ1) is 13.5. The Hall–Kier alpha value is -1.95. The zero-order chi connectivity index (χ0) is 14.2. The number of benzene rings is 1. The molecule has 3 N–H and O–H groups in total. The van der Waals surface area contributed by atoms with E-state index >= 15 is 0 Å². The molecule has 1 aromatic carbocycles. The third-order valence-corrected chi connectivity index (χ3v) is 3.69. The Morgan fingerprint density at radius 3 is 2.47 bits per heavy atom. The highest BCUT2D eigenvalue weighted by Crippen LogP contribution is 2.32. The van der Waals surface area contributed by atoms with Gasteiger partial charge in [0.2, 0.25) is 5.91 Å². The number of carbonyl (C=O) groups excluding carboxylic acids is 1. The third kappa shape index (κ3) is 2.44. The van der Waals surface area contributed by atoms with E-state index in [4.69, 9.17) is 5.73 Å². The van der Waals surface area contributed by atoms with E-state index in [0.29, 0.717) is 29.7 Å². The van der Waals surface area contributed by atoms with E-state index in [1.807, 2.05) is 0 Å². The zero-order valence-electron chi connectivity index (χ0n) is 11.0. The van der Waals surface area contributed by atoms with E-state index in [1.165, 1.54) is 6.07 Å². The fraction of sp³-hybridized carbons (Fsp3) is 0.462. The third-order valence-electron chi connectivity index (χ3n) is 3.69. The van der Waals surface area contributed by atoms with Gasteiger partial charge in [0.15, 0.2) is 0 Å². The maximum atomic E-state index is 12.0. The number of amides is 1. The van der Waals surface area contributed by atoms with Gasteiger partial charge in [-0.05, 0) is 44.7 Å². The molecule has 1 fully saturated rings. The molecular weight excluding hydrogens is 246 g/mol. The topological polar surface area (TPSA) is 98.3 Å². The van der Waals surface area contributed by atoms with Crippen LogP contribution in [0.25, 0.3) is 0 Å². The monoisotopic (exact) mass is 263 g/mol. The van der Waals surface area contributed by atoms with E-state index in [-0.39, 0.29) is 11.6 Å². The number of nitrogens with zero attached hydrogens (tertiary/aromatic N) is 1. The second-order valence-corrected chi connectivity index (χ2v) is 5.17. The Kier molecular flexibility index (Phi) is 3.28. The van der Waals surface area contributed by atoms with Gasteiger partial charge < -0.3 is 11.1 Å². The molecule has 0 unspecified atom stereocenters. The molecule has 0 saturated heterocycles. The molecule has 2 rings (SSSR count). The number of nitro groups is 1. The highest BCUT2D eigenvalue weighted by atomic mass is 16.6. The van der Waals surface area contributed by atoms with Crippen molar-refractivity contribution in [3.63, 3.8) is 0 Å². The van der Waals surface area contributed by atoms with Crippen LogP contribution in [0.4, 0.5) is 11.4 Å². The lowest BCUT2D eigenvalue weighted by Crippen LogP contribution is -2.56. The van der Waals surface area contributed by atoms with Crippen LogP contribution in [0.2, 0.25) is 0 Å². The first-order valence-corrected chi connectivity index (χ1v) is 6.19. The lowest BCUT2D eigenvalue weighted by Gasteiger charge is -2.36. The molecule has 19 heavy (non-hydrogen) atoms. The summed E-state index contributed by atoms with van der Waals surface area (Å²) in [5.41, 5.74) is 6.99. The molecule has 0 aromatic heterocycles. The van der Waals surface area contributed by atoms with Gasteiger partial charge >= 0.3 is 0 Å². The first-order chi connectivity index (χ1) is 8.83. The summed E-state index contributed by atoms with van der Waals surface area (Å²) in [6, 6.07) is 3.09. The van der Waals surface area contributed by atoms with Crippen LogP contribution in [-0.4, -0.2) is 16.4 Å². The Labute approximate surface area is 111 Å². The predicted molar refractivity (Wildman–Crippen MR) is 72.0 cm³/mol. The smallest absolute Gasteiger partial charge is 0.272 e. The van der Waals surface area contributed by atoms with Gasteiger partial charge in [-0.25, -0.2) is 0 Å². The van der Waals surface area contributed by atoms with Gasteiger partial charge in [0, 0.05) is 17.3 Å². The summed E-state index contributed by atoms with van der Waals surface area (Å²) in [6.45, 7) is 3.38. The van der Waals surface area contributed by atoms with Crippen LogP contribution in [0.15, 0.2) is 12.1 Å². The maximum Gasteiger partial charge on any atom is 0.272 e. The molecule has 1 saturated carbocycles. The van der Waals surface area contributed by atoms with Crippen LogP contribution in [0.5, 0.6) is 0 Å². The molecule has 6 nitrogen and oxygen atoms in total. The van der Waals surface area contributed by atoms with Gasteiger partial charge in [-0.1, -0.05) is 0 Å². The molecule has 0 radical (unpaired) electrons. The molecular formula is C13H17N3O3. The average molecular weight is 263 g/mol. The fourth-order valence-electron chi connectivity index (χ4n) is 2.16. The zero-order valence-corrected chi connectivity index (χ0v) is 11.0. The number of aryl methyl sites for hydroxylation is 2. The summed E-state index contributed by atoms with van der Waals surface area (Å²) < 4.78 is 0. The SMILES string of the molecule is Cc1cc([N+](=O)[O-])c(C)cc1NC(=O)C1(N)CCC1. The second-order valence-electron chi connectivity index (χ2n) is 5.17. The van der Waals surface area contributed by atoms with Gasteiger partial charge in [-0.3, -0.25) is 14.9 Å². The molecule has 0 spiro atoms. The maximum absolute atomic E-state index is 12.0. The van der Waals surface area contributed by atoms with Gasteiger partial charge in [0.05, 0.1) is 10.5 Å². The van der Waals surface area contributed by atoms with Crippen LogP contribution in [-0.2, 0) is 4.79 Å². The largest absolute Gasteiger partial charge is 0.324 e. The number of rotatable bonds is 3. The molecule has 0 atom stereocenters. The van der Waals surface area contributed by atoms with E-state index in [9.17, 15) is 14.9 Å². The van der Waals surface area contributed by atoms with Crippen molar-refractivity contribution in [2.45, 2.75) is 38.6 Å². The number of carbonyl (C=O) groups is 1. The molecule has 102 valence electrons. The summed E-state index contributed by atoms with van der Waals surface area (Å²) in [4.78, 5) is 22.4. The second kappa shape index (κ2) is 4.62. The van der Waals surface area contributed by atoms with Gasteiger partial charge in [-0.2, -0.15) is 0 Å². The van der Waals surface area contributed by atoms with Gasteiger partial charge in [0.1, 0.15) is 0 Å². The quantitative estimate of drug-likeness (QED) is 0.644. The average Bonchev–Trinajstić information content (AvgIpc) is 2.29. The molecule has 0 heterocycles. The van der Waals surface area contributed by atoms with E-state index < -0.39 is 10.5 Å². The standard InChI is InChI=1S/C13H17N3O3/c1-8-7-11(16(18)19)9(2)6-10(8)15-12(17)13(14)4-3-5-13/h6-7H,3-5,14H2,1-2H3,(H,15,17). The van der Waals surface area contributed by atoms with Crippen molar-refractivity contribution < 1.29 is 9.72 Å². The predicted octanol–water partition coefficient (Wildman–Crippen LogP) is 2.03. The van der Waals surface area contributed by atoms with Crippen molar-refractivity contribution in [3.8, 4) is 0 Å². The molecule has 0 aliphatic heterocycles. The summed E-state index contributed by atoms with van der Waals surface area (Å²) in [6.07, 6.45) is 2.33. The van der Waals surface area contributed by atoms with E-state index in [0.717, 1.165) is 6.42 Å². The molecule has 1 aliphatic rings. The van der Waals surface area contributed by atoms with Crippen molar-refractivity contribution >= 4 is 17.3 Å². The van der Waals surface area contributed by atoms with Crippen molar-refractivity contribution in [1.82, 2.24) is 0 Å². The Morgan fingerprint density at radius 2 is 2.00 bits per heavy atom. The first-order valence-electron chi connectivity index (χ1n) is 6.19. The number of hydrogen-bond acceptors (Lipinski definition) is 4. The highest BCUT2D eigenvalue weighted by molar-refractivity contribution is 5.99. The number of nitrogens with two attached hydrogens (primary N) is 1. The fourth-order valence-corrected chi connectivity index (χ4v) is 2.16. The highest BCUT2D eigenvalue weighted by Gasteiger charge is 2.40. The summed E-state index contributed by atoms with van der Waals surface area (Å²) in [7, 11) is 0. The van der Waals surface area contributed by atoms with Crippen LogP contribution in [0.1, 0.15) is 30.4 Å². The van der Waals surface area contributed by atoms with Gasteiger partial charge in [0.25, 0.3) is 5.69 Å². The van der Waals surface area contributed by atoms with Crippen LogP contribution in [0.3, 0.4) is 0 Å².